The Bertz CT molecular complexity index is 3200. The third-order valence-corrected chi connectivity index (χ3v) is 24.8. The van der Waals surface area contributed by atoms with Gasteiger partial charge in [0.05, 0.1) is 25.6 Å². The van der Waals surface area contributed by atoms with E-state index in [-0.39, 0.29) is 102 Å². The van der Waals surface area contributed by atoms with Crippen LogP contribution < -0.4 is 16.0 Å². The van der Waals surface area contributed by atoms with Crippen molar-refractivity contribution in [3.63, 3.8) is 0 Å². The number of ether oxygens (including phenoxy) is 1. The van der Waals surface area contributed by atoms with Gasteiger partial charge in [-0.2, -0.15) is 13.2 Å². The van der Waals surface area contributed by atoms with Crippen molar-refractivity contribution in [1.82, 2.24) is 60.0 Å². The van der Waals surface area contributed by atoms with E-state index in [0.717, 1.165) is 45.3 Å². The zero-order valence-electron chi connectivity index (χ0n) is 66.0. The van der Waals surface area contributed by atoms with E-state index in [9.17, 15) is 32.3 Å². The van der Waals surface area contributed by atoms with Gasteiger partial charge in [-0.1, -0.05) is 91.7 Å². The first kappa shape index (κ1) is 88.1. The molecule has 0 radical (unpaired) electrons. The first-order chi connectivity index (χ1) is 50.8. The minimum absolute atomic E-state index is 0.0000418. The quantitative estimate of drug-likeness (QED) is 0.116. The molecule has 108 heavy (non-hydrogen) atoms. The van der Waals surface area contributed by atoms with Crippen LogP contribution in [0.4, 0.5) is 26.3 Å². The Morgan fingerprint density at radius 1 is 0.648 bits per heavy atom. The molecule has 25 nitrogen and oxygen atoms in total. The largest absolute Gasteiger partial charge is 0.397 e. The van der Waals surface area contributed by atoms with E-state index in [1.54, 1.807) is 26.0 Å². The molecule has 7 rings (SSSR count). The molecule has 4 saturated carbocycles. The molecule has 3 heterocycles. The molecular formula is C77H122F6N12O13. The number of rotatable bonds is 15. The van der Waals surface area contributed by atoms with Crippen LogP contribution in [0.3, 0.4) is 0 Å². The van der Waals surface area contributed by atoms with Crippen LogP contribution in [0.1, 0.15) is 189 Å². The van der Waals surface area contributed by atoms with Crippen LogP contribution in [0, 0.1) is 41.4 Å². The normalized spacial score (nSPS) is 32.5. The number of likely N-dealkylation sites (N-methyl/N-ethyl adjacent to an activating group) is 7. The zero-order valence-corrected chi connectivity index (χ0v) is 66.0. The Hall–Kier alpha value is -7.08. The molecular weight excluding hydrogens is 1410 g/mol. The number of amides is 12. The van der Waals surface area contributed by atoms with Gasteiger partial charge in [-0.3, -0.25) is 57.5 Å². The number of carbonyl (C=O) groups is 12. The van der Waals surface area contributed by atoms with Crippen molar-refractivity contribution in [3.8, 4) is 0 Å². The molecule has 1 spiro atoms. The average molecular weight is 1540 g/mol. The van der Waals surface area contributed by atoms with E-state index in [4.69, 9.17) is 4.74 Å². The lowest BCUT2D eigenvalue weighted by Gasteiger charge is -2.47. The van der Waals surface area contributed by atoms with Gasteiger partial charge in [-0.05, 0) is 132 Å². The van der Waals surface area contributed by atoms with Crippen LogP contribution in [-0.2, 0) is 62.3 Å². The second kappa shape index (κ2) is 38.7. The number of hydrogen-bond acceptors (Lipinski definition) is 13. The molecule has 3 aliphatic heterocycles. The highest BCUT2D eigenvalue weighted by Crippen LogP contribution is 2.45. The summed E-state index contributed by atoms with van der Waals surface area (Å²) in [6, 6.07) is -11.0. The smallest absolute Gasteiger partial charge is 0.377 e. The lowest BCUT2D eigenvalue weighted by molar-refractivity contribution is -0.219. The molecule has 15 atom stereocenters. The van der Waals surface area contributed by atoms with Gasteiger partial charge in [0, 0.05) is 82.5 Å². The highest BCUT2D eigenvalue weighted by Gasteiger charge is 2.56. The van der Waals surface area contributed by atoms with Crippen molar-refractivity contribution >= 4 is 70.9 Å². The minimum Gasteiger partial charge on any atom is -0.377 e. The van der Waals surface area contributed by atoms with Gasteiger partial charge in [-0.25, -0.2) is 13.2 Å². The van der Waals surface area contributed by atoms with Gasteiger partial charge in [0.15, 0.2) is 0 Å². The summed E-state index contributed by atoms with van der Waals surface area (Å²) < 4.78 is 94.0. The van der Waals surface area contributed by atoms with Gasteiger partial charge >= 0.3 is 6.18 Å². The topological polar surface area (TPSA) is 279 Å². The lowest BCUT2D eigenvalue weighted by atomic mass is 9.74. The summed E-state index contributed by atoms with van der Waals surface area (Å²) >= 11 is 0. The van der Waals surface area contributed by atoms with Gasteiger partial charge in [-0.15, -0.1) is 0 Å². The van der Waals surface area contributed by atoms with Crippen LogP contribution in [0.25, 0.3) is 0 Å². The fourth-order valence-corrected chi connectivity index (χ4v) is 17.6. The van der Waals surface area contributed by atoms with Crippen molar-refractivity contribution in [3.05, 3.63) is 12.2 Å². The molecule has 2 saturated heterocycles. The van der Waals surface area contributed by atoms with E-state index < -0.39 is 218 Å². The summed E-state index contributed by atoms with van der Waals surface area (Å²) in [6.07, 6.45) is -5.85. The van der Waals surface area contributed by atoms with E-state index in [1.165, 1.54) is 80.9 Å². The Balaban J connectivity index is 1.33. The van der Waals surface area contributed by atoms with E-state index in [1.807, 2.05) is 27.7 Å². The summed E-state index contributed by atoms with van der Waals surface area (Å²) in [7, 11) is 11.2. The average Bonchev–Trinajstić information content (AvgIpc) is 1.10. The van der Waals surface area contributed by atoms with Crippen LogP contribution in [0.15, 0.2) is 12.2 Å². The molecule has 3 N–H and O–H groups in total. The molecule has 0 aromatic carbocycles. The fourth-order valence-electron chi connectivity index (χ4n) is 17.6. The van der Waals surface area contributed by atoms with Crippen LogP contribution in [-0.4, -0.2) is 289 Å². The number of carbonyl (C=O) groups excluding carboxylic acids is 12. The summed E-state index contributed by atoms with van der Waals surface area (Å²) in [5.74, 6) is -14.5. The third kappa shape index (κ3) is 21.1. The van der Waals surface area contributed by atoms with Crippen molar-refractivity contribution in [2.24, 2.45) is 41.4 Å². The molecule has 31 heteroatoms. The van der Waals surface area contributed by atoms with E-state index in [2.05, 4.69) is 16.0 Å². The fraction of sp³-hybridized carbons (Fsp3) is 0.818. The number of fused-ring (bicyclic) bond motifs is 3. The third-order valence-electron chi connectivity index (χ3n) is 24.8. The lowest BCUT2D eigenvalue weighted by Crippen LogP contribution is -2.68. The van der Waals surface area contributed by atoms with Gasteiger partial charge in [0.1, 0.15) is 78.3 Å². The Morgan fingerprint density at radius 2 is 1.29 bits per heavy atom. The van der Waals surface area contributed by atoms with Crippen LogP contribution >= 0.6 is 0 Å². The Morgan fingerprint density at radius 3 is 1.86 bits per heavy atom. The highest BCUT2D eigenvalue weighted by atomic mass is 19.4. The molecule has 2 bridgehead atoms. The number of nitrogens with zero attached hydrogens (tertiary/aromatic N) is 9. The predicted octanol–water partition coefficient (Wildman–Crippen LogP) is 6.54. The van der Waals surface area contributed by atoms with Crippen LogP contribution in [0.5, 0.6) is 0 Å². The first-order valence-corrected chi connectivity index (χ1v) is 39.4. The predicted molar refractivity (Wildman–Crippen MR) is 390 cm³/mol. The maximum atomic E-state index is 15.6. The molecule has 0 aromatic heterocycles. The number of halogens is 6. The van der Waals surface area contributed by atoms with E-state index in [0.29, 0.717) is 32.1 Å². The monoisotopic (exact) mass is 1540 g/mol. The van der Waals surface area contributed by atoms with Crippen molar-refractivity contribution < 1.29 is 88.6 Å². The SMILES string of the molecule is CCO[C@@H]1C[C@H]2C(=O)NC3(CCC3)C(=O)N(C)[C@@H](C(CC)CC)C(=O)N(C)[C@H](C(=O)N(C)C)CC(=O)N(C)[C@@H](CC3CCCC3)C(=O)N[C@@H]([C@@H](C)CC)C(=O)N(C)CC(=O)N(C)[C@H]3C/C=C\CCN(C3=O)[C@@H](CC3CCC(F)CC3C)C(=O)N(C)CC(=O)N[C@@H](CCC3CC(F)C(C(F)(F)F)C(F)C3)C(=O)N2C1. The van der Waals surface area contributed by atoms with Gasteiger partial charge in [0.25, 0.3) is 0 Å². The number of nitrogens with one attached hydrogen (secondary N) is 3. The highest BCUT2D eigenvalue weighted by molar-refractivity contribution is 6.01. The Labute approximate surface area is 633 Å². The zero-order chi connectivity index (χ0) is 80.1. The molecule has 0 aromatic rings. The minimum atomic E-state index is -5.19. The number of alkyl halides is 6. The van der Waals surface area contributed by atoms with Gasteiger partial charge in [0.2, 0.25) is 70.9 Å². The maximum Gasteiger partial charge on any atom is 0.397 e. The summed E-state index contributed by atoms with van der Waals surface area (Å²) in [5.41, 5.74) is -1.68. The standard InChI is InChI=1S/C77H122F6N12O13/c1-15-45(5)65-73(105)89(10)44-63(98)90(11)56-27-20-19-23-34-94(72(56)104)60(39-50-29-30-51(78)35-46(50)6)71(103)88(9)43-61(96)84-55(31-28-48-36-53(79)64(54(80)37-48)77(81,82)83)69(101)95-42-52(108-18-4)40-58(95)68(100)86-76(32-24-33-76)75(107)93(14)66(49(16-2)17-3)74(106)92(13)59(70(102)87(7)8)41-62(97)91(12)57(67(99)85-65)38-47-25-21-22-26-47/h19-20,45-60,64-66H,15-18,21-44H2,1-14H3,(H,84,96)(H,85,99)(H,86,100)/b20-19-/t45-,46?,48?,50?,51?,52+,53?,54?,55-,56-,57-,58-,59-,60-,64?,65-,66-/m0/s1. The number of hydrogen-bond donors (Lipinski definition) is 3. The second-order valence-corrected chi connectivity index (χ2v) is 32.3. The van der Waals surface area contributed by atoms with Crippen molar-refractivity contribution in [2.75, 3.05) is 89.2 Å². The maximum absolute atomic E-state index is 15.6. The summed E-state index contributed by atoms with van der Waals surface area (Å²) in [4.78, 5) is 193. The van der Waals surface area contributed by atoms with Gasteiger partial charge < -0.3 is 64.8 Å². The first-order valence-electron chi connectivity index (χ1n) is 39.4. The molecule has 4 aliphatic carbocycles. The Kier molecular flexibility index (Phi) is 31.6. The van der Waals surface area contributed by atoms with Crippen LogP contribution in [0.2, 0.25) is 0 Å². The van der Waals surface area contributed by atoms with E-state index >= 15 is 51.5 Å². The van der Waals surface area contributed by atoms with Crippen molar-refractivity contribution in [1.29, 1.82) is 0 Å². The summed E-state index contributed by atoms with van der Waals surface area (Å²) in [6.45, 7) is 9.17. The summed E-state index contributed by atoms with van der Waals surface area (Å²) in [5, 5.41) is 8.58. The molecule has 7 aliphatic rings. The molecule has 5 unspecified atom stereocenters. The molecule has 6 fully saturated rings. The second-order valence-electron chi connectivity index (χ2n) is 32.3. The molecule has 610 valence electrons. The molecule has 12 amide bonds. The van der Waals surface area contributed by atoms with Crippen molar-refractivity contribution in [2.45, 2.75) is 274 Å².